The van der Waals surface area contributed by atoms with Gasteiger partial charge in [-0.05, 0) is 55.3 Å². The Morgan fingerprint density at radius 3 is 1.95 bits per heavy atom. The monoisotopic (exact) mass is 276 g/mol. The highest BCUT2D eigenvalue weighted by Crippen LogP contribution is 2.26. The zero-order valence-electron chi connectivity index (χ0n) is 10.8. The number of benzene rings is 2. The first-order chi connectivity index (χ1) is 8.82. The van der Waals surface area contributed by atoms with Crippen LogP contribution in [0.3, 0.4) is 0 Å². The molecule has 2 rings (SSSR count). The van der Waals surface area contributed by atoms with Crippen LogP contribution in [0.1, 0.15) is 11.1 Å². The highest BCUT2D eigenvalue weighted by atomic mass is 32.2. The standard InChI is InChI=1S/C14H16N2O2S/c1-9-3-4-12(8-14(9)16)19(17,18)11-5-6-13(15)10(2)7-11/h3-8H,15-16H2,1-2H3. The van der Waals surface area contributed by atoms with E-state index in [1.54, 1.807) is 31.2 Å². The van der Waals surface area contributed by atoms with Crippen molar-refractivity contribution >= 4 is 21.2 Å². The molecule has 0 aromatic heterocycles. The Morgan fingerprint density at radius 1 is 0.789 bits per heavy atom. The van der Waals surface area contributed by atoms with E-state index < -0.39 is 9.84 Å². The lowest BCUT2D eigenvalue weighted by Gasteiger charge is -2.08. The van der Waals surface area contributed by atoms with Gasteiger partial charge in [0, 0.05) is 11.4 Å². The van der Waals surface area contributed by atoms with E-state index in [0.29, 0.717) is 11.4 Å². The van der Waals surface area contributed by atoms with Crippen LogP contribution in [0.2, 0.25) is 0 Å². The molecule has 0 amide bonds. The molecule has 0 spiro atoms. The molecule has 100 valence electrons. The van der Waals surface area contributed by atoms with Crippen molar-refractivity contribution < 1.29 is 8.42 Å². The molecule has 0 saturated heterocycles. The molecule has 0 radical (unpaired) electrons. The molecule has 0 atom stereocenters. The van der Waals surface area contributed by atoms with Crippen molar-refractivity contribution in [1.82, 2.24) is 0 Å². The van der Waals surface area contributed by atoms with E-state index in [4.69, 9.17) is 11.5 Å². The first-order valence-electron chi connectivity index (χ1n) is 5.79. The van der Waals surface area contributed by atoms with Crippen molar-refractivity contribution in [3.63, 3.8) is 0 Å². The SMILES string of the molecule is Cc1cc(S(=O)(=O)c2ccc(C)c(N)c2)ccc1N. The van der Waals surface area contributed by atoms with Gasteiger partial charge in [-0.1, -0.05) is 6.07 Å². The van der Waals surface area contributed by atoms with Gasteiger partial charge in [0.2, 0.25) is 9.84 Å². The van der Waals surface area contributed by atoms with E-state index in [1.165, 1.54) is 12.1 Å². The molecule has 4 nitrogen and oxygen atoms in total. The molecule has 0 aliphatic heterocycles. The van der Waals surface area contributed by atoms with Crippen molar-refractivity contribution in [3.05, 3.63) is 47.5 Å². The van der Waals surface area contributed by atoms with Crippen LogP contribution in [0.25, 0.3) is 0 Å². The van der Waals surface area contributed by atoms with Crippen LogP contribution in [0.15, 0.2) is 46.2 Å². The number of hydrogen-bond acceptors (Lipinski definition) is 4. The van der Waals surface area contributed by atoms with Crippen LogP contribution in [-0.2, 0) is 9.84 Å². The number of nitrogens with two attached hydrogens (primary N) is 2. The third-order valence-electron chi connectivity index (χ3n) is 3.11. The lowest BCUT2D eigenvalue weighted by atomic mass is 10.2. The highest BCUT2D eigenvalue weighted by Gasteiger charge is 2.18. The van der Waals surface area contributed by atoms with Crippen LogP contribution in [0.4, 0.5) is 11.4 Å². The molecule has 0 aliphatic carbocycles. The molecule has 0 aliphatic rings. The van der Waals surface area contributed by atoms with Gasteiger partial charge >= 0.3 is 0 Å². The summed E-state index contributed by atoms with van der Waals surface area (Å²) in [5.41, 5.74) is 14.1. The van der Waals surface area contributed by atoms with Crippen molar-refractivity contribution in [2.45, 2.75) is 23.6 Å². The third kappa shape index (κ3) is 2.42. The Kier molecular flexibility index (Phi) is 3.24. The van der Waals surface area contributed by atoms with Gasteiger partial charge in [0.25, 0.3) is 0 Å². The fourth-order valence-corrected chi connectivity index (χ4v) is 3.12. The van der Waals surface area contributed by atoms with E-state index in [9.17, 15) is 8.42 Å². The average Bonchev–Trinajstić information content (AvgIpc) is 2.35. The van der Waals surface area contributed by atoms with Gasteiger partial charge in [0.15, 0.2) is 0 Å². The summed E-state index contributed by atoms with van der Waals surface area (Å²) in [4.78, 5) is 0.419. The predicted octanol–water partition coefficient (Wildman–Crippen LogP) is 2.30. The summed E-state index contributed by atoms with van der Waals surface area (Å²) in [6.07, 6.45) is 0. The Balaban J connectivity index is 2.58. The number of hydrogen-bond donors (Lipinski definition) is 2. The Bertz CT molecular complexity index is 680. The van der Waals surface area contributed by atoms with Gasteiger partial charge in [0.05, 0.1) is 9.79 Å². The smallest absolute Gasteiger partial charge is 0.206 e. The first kappa shape index (κ1) is 13.4. The molecular formula is C14H16N2O2S. The Morgan fingerprint density at radius 2 is 1.37 bits per heavy atom. The average molecular weight is 276 g/mol. The normalized spacial score (nSPS) is 11.5. The van der Waals surface area contributed by atoms with Crippen molar-refractivity contribution in [3.8, 4) is 0 Å². The molecule has 4 N–H and O–H groups in total. The molecule has 19 heavy (non-hydrogen) atoms. The minimum atomic E-state index is -3.55. The minimum absolute atomic E-state index is 0.194. The number of rotatable bonds is 2. The summed E-state index contributed by atoms with van der Waals surface area (Å²) in [5, 5.41) is 0. The molecule has 0 saturated carbocycles. The van der Waals surface area contributed by atoms with Crippen LogP contribution < -0.4 is 11.5 Å². The summed E-state index contributed by atoms with van der Waals surface area (Å²) >= 11 is 0. The van der Waals surface area contributed by atoms with Crippen LogP contribution in [0, 0.1) is 13.8 Å². The zero-order valence-corrected chi connectivity index (χ0v) is 11.7. The van der Waals surface area contributed by atoms with E-state index in [-0.39, 0.29) is 9.79 Å². The second kappa shape index (κ2) is 4.59. The van der Waals surface area contributed by atoms with Crippen LogP contribution >= 0.6 is 0 Å². The summed E-state index contributed by atoms with van der Waals surface area (Å²) in [7, 11) is -3.55. The van der Waals surface area contributed by atoms with E-state index >= 15 is 0 Å². The van der Waals surface area contributed by atoms with Gasteiger partial charge in [0.1, 0.15) is 0 Å². The summed E-state index contributed by atoms with van der Waals surface area (Å²) in [6, 6.07) is 9.42. The molecule has 0 unspecified atom stereocenters. The van der Waals surface area contributed by atoms with Crippen LogP contribution in [0.5, 0.6) is 0 Å². The second-order valence-electron chi connectivity index (χ2n) is 4.54. The van der Waals surface area contributed by atoms with Crippen molar-refractivity contribution in [2.24, 2.45) is 0 Å². The largest absolute Gasteiger partial charge is 0.399 e. The maximum Gasteiger partial charge on any atom is 0.206 e. The number of sulfone groups is 1. The van der Waals surface area contributed by atoms with Crippen molar-refractivity contribution in [1.29, 1.82) is 0 Å². The zero-order chi connectivity index (χ0) is 14.2. The fourth-order valence-electron chi connectivity index (χ4n) is 1.74. The molecular weight excluding hydrogens is 260 g/mol. The van der Waals surface area contributed by atoms with Crippen LogP contribution in [-0.4, -0.2) is 8.42 Å². The van der Waals surface area contributed by atoms with E-state index in [2.05, 4.69) is 0 Å². The molecule has 5 heteroatoms. The molecule has 2 aromatic carbocycles. The van der Waals surface area contributed by atoms with Gasteiger partial charge < -0.3 is 11.5 Å². The van der Waals surface area contributed by atoms with Crippen molar-refractivity contribution in [2.75, 3.05) is 11.5 Å². The van der Waals surface area contributed by atoms with E-state index in [1.807, 2.05) is 6.92 Å². The summed E-state index contributed by atoms with van der Waals surface area (Å²) in [6.45, 7) is 3.61. The quantitative estimate of drug-likeness (QED) is 0.824. The molecule has 2 aromatic rings. The second-order valence-corrected chi connectivity index (χ2v) is 6.49. The summed E-state index contributed by atoms with van der Waals surface area (Å²) < 4.78 is 24.9. The van der Waals surface area contributed by atoms with E-state index in [0.717, 1.165) is 11.1 Å². The maximum atomic E-state index is 12.5. The first-order valence-corrected chi connectivity index (χ1v) is 7.28. The lowest BCUT2D eigenvalue weighted by Crippen LogP contribution is -2.04. The molecule has 0 bridgehead atoms. The maximum absolute atomic E-state index is 12.5. The molecule has 0 heterocycles. The molecule has 0 fully saturated rings. The topological polar surface area (TPSA) is 86.2 Å². The summed E-state index contributed by atoms with van der Waals surface area (Å²) in [5.74, 6) is 0. The highest BCUT2D eigenvalue weighted by molar-refractivity contribution is 7.91. The van der Waals surface area contributed by atoms with Gasteiger partial charge in [-0.3, -0.25) is 0 Å². The third-order valence-corrected chi connectivity index (χ3v) is 4.86. The van der Waals surface area contributed by atoms with Gasteiger partial charge in [-0.15, -0.1) is 0 Å². The van der Waals surface area contributed by atoms with Gasteiger partial charge in [-0.25, -0.2) is 8.42 Å². The predicted molar refractivity (Wildman–Crippen MR) is 76.6 cm³/mol. The number of aryl methyl sites for hydroxylation is 2. The fraction of sp³-hybridized carbons (Fsp3) is 0.143. The minimum Gasteiger partial charge on any atom is -0.399 e. The van der Waals surface area contributed by atoms with Gasteiger partial charge in [-0.2, -0.15) is 0 Å². The Labute approximate surface area is 113 Å². The number of anilines is 2. The lowest BCUT2D eigenvalue weighted by molar-refractivity contribution is 0.596. The Hall–Kier alpha value is -2.01. The number of nitrogen functional groups attached to an aromatic ring is 2.